The number of para-hydroxylation sites is 1. The number of hydrogen-bond donors (Lipinski definition) is 1. The molecule has 0 saturated heterocycles. The van der Waals surface area contributed by atoms with Crippen LogP contribution in [0.25, 0.3) is 0 Å². The summed E-state index contributed by atoms with van der Waals surface area (Å²) in [6, 6.07) is 12.1. The lowest BCUT2D eigenvalue weighted by atomic mass is 10.2. The van der Waals surface area contributed by atoms with Gasteiger partial charge in [-0.3, -0.25) is 9.59 Å². The minimum Gasteiger partial charge on any atom is -0.332 e. The second kappa shape index (κ2) is 7.99. The molecule has 0 aliphatic heterocycles. The molecule has 0 aliphatic carbocycles. The van der Waals surface area contributed by atoms with Crippen LogP contribution >= 0.6 is 45.8 Å². The smallest absolute Gasteiger partial charge is 0.254 e. The Morgan fingerprint density at radius 1 is 1.13 bits per heavy atom. The van der Waals surface area contributed by atoms with Crippen molar-refractivity contribution in [2.45, 2.75) is 0 Å². The number of carbonyl (C=O) groups is 2. The van der Waals surface area contributed by atoms with Crippen molar-refractivity contribution in [3.8, 4) is 0 Å². The molecule has 0 spiro atoms. The normalized spacial score (nSPS) is 10.3. The van der Waals surface area contributed by atoms with Crippen molar-refractivity contribution in [3.05, 3.63) is 61.6 Å². The Balaban J connectivity index is 2.04. The molecule has 120 valence electrons. The number of anilines is 1. The molecule has 0 saturated carbocycles. The summed E-state index contributed by atoms with van der Waals surface area (Å²) in [6.45, 7) is -0.105. The molecule has 0 atom stereocenters. The predicted molar refractivity (Wildman–Crippen MR) is 101 cm³/mol. The van der Waals surface area contributed by atoms with Gasteiger partial charge in [0.15, 0.2) is 0 Å². The van der Waals surface area contributed by atoms with Crippen LogP contribution in [0.1, 0.15) is 10.4 Å². The summed E-state index contributed by atoms with van der Waals surface area (Å²) in [4.78, 5) is 25.8. The van der Waals surface area contributed by atoms with Crippen LogP contribution in [0.5, 0.6) is 0 Å². The lowest BCUT2D eigenvalue weighted by Gasteiger charge is -2.17. The highest BCUT2D eigenvalue weighted by Crippen LogP contribution is 2.29. The Kier molecular flexibility index (Phi) is 6.26. The van der Waals surface area contributed by atoms with Gasteiger partial charge in [-0.15, -0.1) is 0 Å². The van der Waals surface area contributed by atoms with Gasteiger partial charge in [-0.1, -0.05) is 35.3 Å². The Labute approximate surface area is 157 Å². The Hall–Kier alpha value is -1.31. The first-order chi connectivity index (χ1) is 10.9. The molecule has 0 heterocycles. The van der Waals surface area contributed by atoms with Gasteiger partial charge in [-0.25, -0.2) is 0 Å². The van der Waals surface area contributed by atoms with E-state index < -0.39 is 0 Å². The number of carbonyl (C=O) groups excluding carboxylic acids is 2. The van der Waals surface area contributed by atoms with E-state index in [0.29, 0.717) is 21.3 Å². The van der Waals surface area contributed by atoms with Crippen molar-refractivity contribution in [1.29, 1.82) is 0 Å². The highest BCUT2D eigenvalue weighted by molar-refractivity contribution is 14.1. The Morgan fingerprint density at radius 2 is 1.74 bits per heavy atom. The standard InChI is InChI=1S/C16H13Cl2IN2O2/c1-21(16(23)10-4-2-5-11(19)8-10)9-14(22)20-15-12(17)6-3-7-13(15)18/h2-8H,9H2,1H3,(H,20,22). The van der Waals surface area contributed by atoms with Gasteiger partial charge in [0.25, 0.3) is 5.91 Å². The fourth-order valence-electron chi connectivity index (χ4n) is 1.93. The molecule has 0 radical (unpaired) electrons. The van der Waals surface area contributed by atoms with E-state index in [1.54, 1.807) is 43.4 Å². The van der Waals surface area contributed by atoms with Crippen molar-refractivity contribution in [2.24, 2.45) is 0 Å². The summed E-state index contributed by atoms with van der Waals surface area (Å²) in [6.07, 6.45) is 0. The van der Waals surface area contributed by atoms with E-state index in [4.69, 9.17) is 23.2 Å². The van der Waals surface area contributed by atoms with Crippen molar-refractivity contribution >= 4 is 63.3 Å². The maximum atomic E-state index is 12.3. The number of hydrogen-bond acceptors (Lipinski definition) is 2. The highest BCUT2D eigenvalue weighted by Gasteiger charge is 2.16. The van der Waals surface area contributed by atoms with E-state index in [2.05, 4.69) is 27.9 Å². The van der Waals surface area contributed by atoms with Crippen LogP contribution in [0.3, 0.4) is 0 Å². The van der Waals surface area contributed by atoms with E-state index in [0.717, 1.165) is 3.57 Å². The minimum absolute atomic E-state index is 0.105. The monoisotopic (exact) mass is 462 g/mol. The third-order valence-electron chi connectivity index (χ3n) is 3.03. The number of amides is 2. The van der Waals surface area contributed by atoms with E-state index in [1.807, 2.05) is 6.07 Å². The van der Waals surface area contributed by atoms with Gasteiger partial charge in [0, 0.05) is 16.2 Å². The first kappa shape index (κ1) is 18.0. The van der Waals surface area contributed by atoms with Gasteiger partial charge < -0.3 is 10.2 Å². The molecule has 4 nitrogen and oxygen atoms in total. The molecule has 1 N–H and O–H groups in total. The van der Waals surface area contributed by atoms with E-state index >= 15 is 0 Å². The zero-order chi connectivity index (χ0) is 17.0. The number of rotatable bonds is 4. The number of nitrogens with zero attached hydrogens (tertiary/aromatic N) is 1. The van der Waals surface area contributed by atoms with Gasteiger partial charge in [0.2, 0.25) is 5.91 Å². The lowest BCUT2D eigenvalue weighted by Crippen LogP contribution is -2.35. The van der Waals surface area contributed by atoms with E-state index in [9.17, 15) is 9.59 Å². The molecular weight excluding hydrogens is 450 g/mol. The number of halogens is 3. The molecule has 2 amide bonds. The van der Waals surface area contributed by atoms with E-state index in [1.165, 1.54) is 4.90 Å². The molecule has 7 heteroatoms. The molecular formula is C16H13Cl2IN2O2. The summed E-state index contributed by atoms with van der Waals surface area (Å²) in [5, 5.41) is 3.32. The second-order valence-corrected chi connectivity index (χ2v) is 6.88. The van der Waals surface area contributed by atoms with Gasteiger partial charge in [0.05, 0.1) is 22.3 Å². The molecule has 0 aromatic heterocycles. The van der Waals surface area contributed by atoms with Crippen molar-refractivity contribution in [1.82, 2.24) is 4.90 Å². The maximum absolute atomic E-state index is 12.3. The Morgan fingerprint density at radius 3 is 2.35 bits per heavy atom. The predicted octanol–water partition coefficient (Wildman–Crippen LogP) is 4.31. The molecule has 0 bridgehead atoms. The van der Waals surface area contributed by atoms with Crippen LogP contribution in [-0.4, -0.2) is 30.3 Å². The number of nitrogens with one attached hydrogen (secondary N) is 1. The average Bonchev–Trinajstić information content (AvgIpc) is 2.50. The Bertz CT molecular complexity index is 732. The van der Waals surface area contributed by atoms with Crippen LogP contribution in [0.15, 0.2) is 42.5 Å². The summed E-state index contributed by atoms with van der Waals surface area (Å²) < 4.78 is 0.953. The average molecular weight is 463 g/mol. The fourth-order valence-corrected chi connectivity index (χ4v) is 2.96. The third kappa shape index (κ3) is 4.83. The minimum atomic E-state index is -0.374. The second-order valence-electron chi connectivity index (χ2n) is 4.82. The van der Waals surface area contributed by atoms with Gasteiger partial charge in [0.1, 0.15) is 0 Å². The zero-order valence-electron chi connectivity index (χ0n) is 12.1. The summed E-state index contributed by atoms with van der Waals surface area (Å²) >= 11 is 14.1. The van der Waals surface area contributed by atoms with Crippen LogP contribution in [0, 0.1) is 3.57 Å². The molecule has 0 fully saturated rings. The zero-order valence-corrected chi connectivity index (χ0v) is 15.8. The fraction of sp³-hybridized carbons (Fsp3) is 0.125. The van der Waals surface area contributed by atoms with E-state index in [-0.39, 0.29) is 18.4 Å². The molecule has 0 unspecified atom stereocenters. The van der Waals surface area contributed by atoms with Crippen molar-refractivity contribution in [2.75, 3.05) is 18.9 Å². The first-order valence-electron chi connectivity index (χ1n) is 6.63. The molecule has 2 aromatic rings. The van der Waals surface area contributed by atoms with Crippen LogP contribution in [0.4, 0.5) is 5.69 Å². The van der Waals surface area contributed by atoms with Crippen molar-refractivity contribution in [3.63, 3.8) is 0 Å². The largest absolute Gasteiger partial charge is 0.332 e. The van der Waals surface area contributed by atoms with Crippen molar-refractivity contribution < 1.29 is 9.59 Å². The number of likely N-dealkylation sites (N-methyl/N-ethyl adjacent to an activating group) is 1. The molecule has 2 rings (SSSR count). The summed E-state index contributed by atoms with van der Waals surface area (Å²) in [5.41, 5.74) is 0.874. The van der Waals surface area contributed by atoms with Crippen LogP contribution < -0.4 is 5.32 Å². The SMILES string of the molecule is CN(CC(=O)Nc1c(Cl)cccc1Cl)C(=O)c1cccc(I)c1. The third-order valence-corrected chi connectivity index (χ3v) is 4.33. The quantitative estimate of drug-likeness (QED) is 0.688. The topological polar surface area (TPSA) is 49.4 Å². The molecule has 0 aliphatic rings. The van der Waals surface area contributed by atoms with Gasteiger partial charge >= 0.3 is 0 Å². The lowest BCUT2D eigenvalue weighted by molar-refractivity contribution is -0.116. The first-order valence-corrected chi connectivity index (χ1v) is 8.47. The van der Waals surface area contributed by atoms with Crippen LogP contribution in [0.2, 0.25) is 10.0 Å². The maximum Gasteiger partial charge on any atom is 0.254 e. The van der Waals surface area contributed by atoms with Gasteiger partial charge in [-0.2, -0.15) is 0 Å². The summed E-state index contributed by atoms with van der Waals surface area (Å²) in [7, 11) is 1.57. The summed E-state index contributed by atoms with van der Waals surface area (Å²) in [5.74, 6) is -0.606. The highest BCUT2D eigenvalue weighted by atomic mass is 127. The van der Waals surface area contributed by atoms with Crippen LogP contribution in [-0.2, 0) is 4.79 Å². The molecule has 2 aromatic carbocycles. The molecule has 23 heavy (non-hydrogen) atoms. The number of benzene rings is 2. The van der Waals surface area contributed by atoms with Gasteiger partial charge in [-0.05, 0) is 52.9 Å².